The summed E-state index contributed by atoms with van der Waals surface area (Å²) >= 11 is 0. The van der Waals surface area contributed by atoms with Gasteiger partial charge in [-0.2, -0.15) is 4.98 Å². The monoisotopic (exact) mass is 498 g/mol. The summed E-state index contributed by atoms with van der Waals surface area (Å²) in [5.41, 5.74) is 12.9. The minimum Gasteiger partial charge on any atom is -0.394 e. The van der Waals surface area contributed by atoms with Crippen molar-refractivity contribution < 1.29 is 14.7 Å². The van der Waals surface area contributed by atoms with Crippen LogP contribution in [0.25, 0.3) is 5.69 Å². The molecule has 1 aromatic carbocycles. The highest BCUT2D eigenvalue weighted by Gasteiger charge is 2.27. The number of aliphatic hydroxyl groups excluding tert-OH is 1. The van der Waals surface area contributed by atoms with Crippen LogP contribution in [-0.4, -0.2) is 106 Å². The van der Waals surface area contributed by atoms with E-state index in [1.54, 1.807) is 12.3 Å². The van der Waals surface area contributed by atoms with Crippen LogP contribution in [0.1, 0.15) is 12.0 Å². The molecule has 3 heterocycles. The summed E-state index contributed by atoms with van der Waals surface area (Å²) in [6.07, 6.45) is 3.55. The summed E-state index contributed by atoms with van der Waals surface area (Å²) in [6, 6.07) is 8.27. The number of nitrogens with one attached hydrogen (secondary N) is 1. The van der Waals surface area contributed by atoms with E-state index in [4.69, 9.17) is 16.6 Å². The van der Waals surface area contributed by atoms with Gasteiger partial charge in [0.15, 0.2) is 0 Å². The van der Waals surface area contributed by atoms with Gasteiger partial charge in [-0.15, -0.1) is 0 Å². The summed E-state index contributed by atoms with van der Waals surface area (Å²) < 4.78 is 1.42. The number of nitrogens with zero attached hydrogens (tertiary/aromatic N) is 5. The molecule has 2 aliphatic heterocycles. The largest absolute Gasteiger partial charge is 0.394 e. The van der Waals surface area contributed by atoms with Gasteiger partial charge in [0.2, 0.25) is 5.91 Å². The lowest BCUT2D eigenvalue weighted by Gasteiger charge is -2.35. The maximum atomic E-state index is 12.6. The minimum absolute atomic E-state index is 0.155. The van der Waals surface area contributed by atoms with Crippen LogP contribution in [0, 0.1) is 0 Å². The number of benzene rings is 1. The number of nitrogens with two attached hydrogens (primary N) is 2. The number of rotatable bonds is 7. The molecule has 0 radical (unpaired) electrons. The summed E-state index contributed by atoms with van der Waals surface area (Å²) in [5.74, 6) is -0.185. The van der Waals surface area contributed by atoms with E-state index in [9.17, 15) is 14.4 Å². The Hall–Kier alpha value is -3.32. The molecule has 194 valence electrons. The van der Waals surface area contributed by atoms with E-state index in [0.717, 1.165) is 32.5 Å². The quantitative estimate of drug-likeness (QED) is 0.370. The molecule has 0 saturated carbocycles. The van der Waals surface area contributed by atoms with Crippen molar-refractivity contribution in [2.24, 2.45) is 11.5 Å². The van der Waals surface area contributed by atoms with Gasteiger partial charge in [-0.25, -0.2) is 9.59 Å². The number of carbonyl (C=O) groups is 2. The Labute approximate surface area is 209 Å². The number of hydrogen-bond acceptors (Lipinski definition) is 8. The van der Waals surface area contributed by atoms with E-state index in [0.29, 0.717) is 31.9 Å². The van der Waals surface area contributed by atoms with Crippen LogP contribution in [0.15, 0.2) is 41.3 Å². The van der Waals surface area contributed by atoms with Crippen LogP contribution in [0.2, 0.25) is 0 Å². The molecule has 1 aromatic heterocycles. The third-order valence-corrected chi connectivity index (χ3v) is 6.67. The van der Waals surface area contributed by atoms with E-state index >= 15 is 0 Å². The number of carbonyl (C=O) groups excluding carboxylic acids is 2. The van der Waals surface area contributed by atoms with Crippen molar-refractivity contribution in [3.05, 3.63) is 52.6 Å². The van der Waals surface area contributed by atoms with Crippen LogP contribution in [-0.2, 0) is 11.2 Å². The minimum atomic E-state index is -0.952. The van der Waals surface area contributed by atoms with Gasteiger partial charge in [0.1, 0.15) is 11.9 Å². The Morgan fingerprint density at radius 3 is 2.39 bits per heavy atom. The summed E-state index contributed by atoms with van der Waals surface area (Å²) in [4.78, 5) is 46.7. The van der Waals surface area contributed by atoms with Crippen LogP contribution in [0.5, 0.6) is 0 Å². The summed E-state index contributed by atoms with van der Waals surface area (Å²) in [5, 5.41) is 11.7. The fourth-order valence-corrected chi connectivity index (χ4v) is 4.48. The Kier molecular flexibility index (Phi) is 8.31. The SMILES string of the molecule is N[C@@H]1CCN(CCc2ccc(-n3ccc(NC(=O)N4CCN(C(=O)[C@@H](N)CO)CC4)nc3=O)cc2)C1. The lowest BCUT2D eigenvalue weighted by atomic mass is 10.1. The van der Waals surface area contributed by atoms with Gasteiger partial charge in [-0.3, -0.25) is 14.7 Å². The fraction of sp³-hybridized carbons (Fsp3) is 0.500. The third kappa shape index (κ3) is 6.26. The molecule has 0 aliphatic carbocycles. The first-order valence-electron chi connectivity index (χ1n) is 12.2. The molecule has 36 heavy (non-hydrogen) atoms. The molecule has 2 saturated heterocycles. The van der Waals surface area contributed by atoms with Crippen molar-refractivity contribution in [2.45, 2.75) is 24.9 Å². The molecule has 12 heteroatoms. The number of urea groups is 1. The van der Waals surface area contributed by atoms with Gasteiger partial charge in [0.25, 0.3) is 0 Å². The second kappa shape index (κ2) is 11.6. The van der Waals surface area contributed by atoms with Gasteiger partial charge < -0.3 is 31.3 Å². The zero-order chi connectivity index (χ0) is 25.7. The predicted octanol–water partition coefficient (Wildman–Crippen LogP) is -1.20. The second-order valence-corrected chi connectivity index (χ2v) is 9.26. The highest BCUT2D eigenvalue weighted by Crippen LogP contribution is 2.13. The van der Waals surface area contributed by atoms with E-state index in [2.05, 4.69) is 15.2 Å². The first-order chi connectivity index (χ1) is 17.3. The van der Waals surface area contributed by atoms with Crippen molar-refractivity contribution in [1.82, 2.24) is 24.3 Å². The highest BCUT2D eigenvalue weighted by atomic mass is 16.3. The van der Waals surface area contributed by atoms with Gasteiger partial charge in [-0.1, -0.05) is 12.1 Å². The van der Waals surface area contributed by atoms with Gasteiger partial charge >= 0.3 is 11.7 Å². The summed E-state index contributed by atoms with van der Waals surface area (Å²) in [7, 11) is 0. The number of amides is 3. The maximum absolute atomic E-state index is 12.6. The lowest BCUT2D eigenvalue weighted by Crippen LogP contribution is -2.55. The summed E-state index contributed by atoms with van der Waals surface area (Å²) in [6.45, 7) is 3.77. The normalized spacial score (nSPS) is 19.4. The van der Waals surface area contributed by atoms with Gasteiger partial charge in [0.05, 0.1) is 12.3 Å². The van der Waals surface area contributed by atoms with E-state index < -0.39 is 24.4 Å². The zero-order valence-corrected chi connectivity index (χ0v) is 20.3. The molecule has 0 unspecified atom stereocenters. The molecule has 2 atom stereocenters. The van der Waals surface area contributed by atoms with Crippen molar-refractivity contribution in [3.63, 3.8) is 0 Å². The first kappa shape index (κ1) is 25.8. The molecule has 0 bridgehead atoms. The van der Waals surface area contributed by atoms with E-state index in [1.807, 2.05) is 24.3 Å². The van der Waals surface area contributed by atoms with Crippen LogP contribution in [0.3, 0.4) is 0 Å². The van der Waals surface area contributed by atoms with Crippen LogP contribution in [0.4, 0.5) is 10.6 Å². The van der Waals surface area contributed by atoms with Crippen LogP contribution >= 0.6 is 0 Å². The van der Waals surface area contributed by atoms with E-state index in [1.165, 1.54) is 19.9 Å². The van der Waals surface area contributed by atoms with Crippen molar-refractivity contribution >= 4 is 17.8 Å². The number of aliphatic hydroxyl groups is 1. The van der Waals surface area contributed by atoms with Gasteiger partial charge in [-0.05, 0) is 43.1 Å². The Morgan fingerprint density at radius 1 is 1.08 bits per heavy atom. The topological polar surface area (TPSA) is 163 Å². The molecule has 4 rings (SSSR count). The first-order valence-corrected chi connectivity index (χ1v) is 12.2. The van der Waals surface area contributed by atoms with Crippen molar-refractivity contribution in [3.8, 4) is 5.69 Å². The molecule has 2 aliphatic rings. The smallest absolute Gasteiger partial charge is 0.354 e. The molecule has 3 amide bonds. The molecule has 6 N–H and O–H groups in total. The number of aromatic nitrogens is 2. The zero-order valence-electron chi connectivity index (χ0n) is 20.3. The van der Waals surface area contributed by atoms with Crippen molar-refractivity contribution in [2.75, 3.05) is 57.7 Å². The Balaban J connectivity index is 1.30. The Morgan fingerprint density at radius 2 is 1.78 bits per heavy atom. The molecule has 2 fully saturated rings. The standard InChI is InChI=1S/C24H34N8O4/c25-18-6-9-29(15-18)8-5-17-1-3-19(4-2-17)32-10-7-21(28-24(32)36)27-23(35)31-13-11-30(12-14-31)22(34)20(26)16-33/h1-4,7,10,18,20,33H,5-6,8-9,11-16,25-26H2,(H,27,28,35,36)/t18-,20+/m1/s1. The molecular weight excluding hydrogens is 464 g/mol. The third-order valence-electron chi connectivity index (χ3n) is 6.67. The average molecular weight is 499 g/mol. The van der Waals surface area contributed by atoms with Gasteiger partial charge in [0, 0.05) is 51.5 Å². The molecule has 0 spiro atoms. The maximum Gasteiger partial charge on any atom is 0.354 e. The van der Waals surface area contributed by atoms with Crippen LogP contribution < -0.4 is 22.5 Å². The average Bonchev–Trinajstić information content (AvgIpc) is 3.32. The lowest BCUT2D eigenvalue weighted by molar-refractivity contribution is -0.134. The fourth-order valence-electron chi connectivity index (χ4n) is 4.48. The Bertz CT molecular complexity index is 1110. The number of piperazine rings is 1. The van der Waals surface area contributed by atoms with Crippen molar-refractivity contribution in [1.29, 1.82) is 0 Å². The second-order valence-electron chi connectivity index (χ2n) is 9.26. The highest BCUT2D eigenvalue weighted by molar-refractivity contribution is 5.88. The van der Waals surface area contributed by atoms with E-state index in [-0.39, 0.29) is 17.8 Å². The molecular formula is C24H34N8O4. The number of likely N-dealkylation sites (tertiary alicyclic amines) is 1. The molecule has 2 aromatic rings. The number of hydrogen-bond donors (Lipinski definition) is 4. The predicted molar refractivity (Wildman–Crippen MR) is 135 cm³/mol. The molecule has 12 nitrogen and oxygen atoms in total. The number of anilines is 1.